The molecule has 2 amide bonds. The molecule has 1 aromatic carbocycles. The van der Waals surface area contributed by atoms with Gasteiger partial charge in [-0.1, -0.05) is 23.2 Å². The van der Waals surface area contributed by atoms with Crippen LogP contribution in [-0.4, -0.2) is 36.3 Å². The third-order valence-electron chi connectivity index (χ3n) is 3.35. The van der Waals surface area contributed by atoms with Crippen LogP contribution in [0.1, 0.15) is 19.8 Å². The van der Waals surface area contributed by atoms with Crippen LogP contribution in [0.2, 0.25) is 10.0 Å². The maximum atomic E-state index is 12.2. The van der Waals surface area contributed by atoms with E-state index in [4.69, 9.17) is 23.2 Å². The Labute approximate surface area is 128 Å². The lowest BCUT2D eigenvalue weighted by atomic mass is 10.2. The summed E-state index contributed by atoms with van der Waals surface area (Å²) in [5, 5.41) is 0.786. The van der Waals surface area contributed by atoms with Crippen molar-refractivity contribution in [1.29, 1.82) is 0 Å². The smallest absolute Gasteiger partial charge is 0.242 e. The van der Waals surface area contributed by atoms with Gasteiger partial charge in [0.15, 0.2) is 0 Å². The third-order valence-corrected chi connectivity index (χ3v) is 4.09. The molecule has 0 unspecified atom stereocenters. The maximum absolute atomic E-state index is 12.2. The number of carbonyl (C=O) groups excluding carboxylic acids is 2. The molecule has 0 aliphatic carbocycles. The van der Waals surface area contributed by atoms with E-state index in [-0.39, 0.29) is 18.4 Å². The summed E-state index contributed by atoms with van der Waals surface area (Å²) in [6.45, 7) is 3.00. The van der Waals surface area contributed by atoms with Crippen LogP contribution in [0.3, 0.4) is 0 Å². The van der Waals surface area contributed by atoms with Crippen molar-refractivity contribution in [2.24, 2.45) is 0 Å². The molecule has 0 spiro atoms. The molecule has 0 bridgehead atoms. The molecule has 1 aromatic rings. The van der Waals surface area contributed by atoms with Crippen molar-refractivity contribution in [1.82, 2.24) is 4.90 Å². The Morgan fingerprint density at radius 1 is 1.20 bits per heavy atom. The topological polar surface area (TPSA) is 40.6 Å². The summed E-state index contributed by atoms with van der Waals surface area (Å²) in [5.41, 5.74) is 0.583. The average molecular weight is 315 g/mol. The molecule has 0 saturated carbocycles. The lowest BCUT2D eigenvalue weighted by Crippen LogP contribution is -2.41. The van der Waals surface area contributed by atoms with Crippen molar-refractivity contribution in [2.75, 3.05) is 24.5 Å². The zero-order valence-electron chi connectivity index (χ0n) is 11.2. The van der Waals surface area contributed by atoms with Gasteiger partial charge in [-0.3, -0.25) is 9.59 Å². The second kappa shape index (κ2) is 6.46. The van der Waals surface area contributed by atoms with Gasteiger partial charge in [-0.2, -0.15) is 0 Å². The van der Waals surface area contributed by atoms with E-state index in [0.717, 1.165) is 25.9 Å². The minimum atomic E-state index is -0.198. The van der Waals surface area contributed by atoms with Crippen LogP contribution < -0.4 is 4.90 Å². The first-order chi connectivity index (χ1) is 9.49. The fourth-order valence-corrected chi connectivity index (χ4v) is 2.53. The molecule has 1 fully saturated rings. The second-order valence-electron chi connectivity index (χ2n) is 4.79. The number of benzene rings is 1. The Balaban J connectivity index is 2.16. The molecule has 0 N–H and O–H groups in total. The quantitative estimate of drug-likeness (QED) is 0.860. The fraction of sp³-hybridized carbons (Fsp3) is 0.429. The van der Waals surface area contributed by atoms with Gasteiger partial charge >= 0.3 is 0 Å². The molecule has 1 heterocycles. The maximum Gasteiger partial charge on any atom is 0.242 e. The molecule has 1 aliphatic heterocycles. The molecule has 0 atom stereocenters. The van der Waals surface area contributed by atoms with E-state index in [1.54, 1.807) is 23.1 Å². The molecule has 6 heteroatoms. The highest BCUT2D eigenvalue weighted by Crippen LogP contribution is 2.27. The monoisotopic (exact) mass is 314 g/mol. The summed E-state index contributed by atoms with van der Waals surface area (Å²) in [6.07, 6.45) is 2.05. The van der Waals surface area contributed by atoms with Gasteiger partial charge in [0.1, 0.15) is 6.54 Å². The van der Waals surface area contributed by atoms with Gasteiger partial charge in [-0.15, -0.1) is 0 Å². The highest BCUT2D eigenvalue weighted by Gasteiger charge is 2.22. The molecule has 108 valence electrons. The van der Waals surface area contributed by atoms with Crippen molar-refractivity contribution in [2.45, 2.75) is 19.8 Å². The largest absolute Gasteiger partial charge is 0.341 e. The third kappa shape index (κ3) is 3.44. The van der Waals surface area contributed by atoms with E-state index < -0.39 is 0 Å². The Bertz CT molecular complexity index is 528. The van der Waals surface area contributed by atoms with E-state index in [1.807, 2.05) is 0 Å². The van der Waals surface area contributed by atoms with Gasteiger partial charge in [0.25, 0.3) is 0 Å². The van der Waals surface area contributed by atoms with Crippen molar-refractivity contribution in [3.05, 3.63) is 28.2 Å². The highest BCUT2D eigenvalue weighted by molar-refractivity contribution is 6.42. The number of hydrogen-bond donors (Lipinski definition) is 0. The van der Waals surface area contributed by atoms with Gasteiger partial charge < -0.3 is 9.80 Å². The molecular weight excluding hydrogens is 299 g/mol. The first-order valence-corrected chi connectivity index (χ1v) is 7.25. The normalized spacial score (nSPS) is 14.4. The number of likely N-dealkylation sites (tertiary alicyclic amines) is 1. The first-order valence-electron chi connectivity index (χ1n) is 6.50. The Hall–Kier alpha value is -1.26. The predicted octanol–water partition coefficient (Wildman–Crippen LogP) is 2.97. The Kier molecular flexibility index (Phi) is 4.89. The number of anilines is 1. The number of halogens is 2. The second-order valence-corrected chi connectivity index (χ2v) is 5.61. The van der Waals surface area contributed by atoms with Gasteiger partial charge in [0.05, 0.1) is 10.0 Å². The summed E-state index contributed by atoms with van der Waals surface area (Å²) in [7, 11) is 0. The fourth-order valence-electron chi connectivity index (χ4n) is 2.24. The van der Waals surface area contributed by atoms with E-state index in [0.29, 0.717) is 15.7 Å². The first kappa shape index (κ1) is 15.1. The minimum absolute atomic E-state index is 0.0350. The highest BCUT2D eigenvalue weighted by atomic mass is 35.5. The summed E-state index contributed by atoms with van der Waals surface area (Å²) in [4.78, 5) is 27.1. The predicted molar refractivity (Wildman–Crippen MR) is 80.3 cm³/mol. The summed E-state index contributed by atoms with van der Waals surface area (Å²) < 4.78 is 0. The lowest BCUT2D eigenvalue weighted by molar-refractivity contribution is -0.130. The zero-order valence-corrected chi connectivity index (χ0v) is 12.7. The summed E-state index contributed by atoms with van der Waals surface area (Å²) >= 11 is 11.8. The Morgan fingerprint density at radius 2 is 1.85 bits per heavy atom. The number of hydrogen-bond acceptors (Lipinski definition) is 2. The summed E-state index contributed by atoms with van der Waals surface area (Å²) in [5.74, 6) is -0.236. The molecule has 1 aliphatic rings. The molecular formula is C14H16Cl2N2O2. The van der Waals surface area contributed by atoms with E-state index >= 15 is 0 Å². The molecule has 0 radical (unpaired) electrons. The van der Waals surface area contributed by atoms with Crippen molar-refractivity contribution in [3.63, 3.8) is 0 Å². The van der Waals surface area contributed by atoms with E-state index in [2.05, 4.69) is 0 Å². The van der Waals surface area contributed by atoms with Crippen molar-refractivity contribution < 1.29 is 9.59 Å². The molecule has 2 rings (SSSR count). The minimum Gasteiger partial charge on any atom is -0.341 e. The number of amides is 2. The van der Waals surface area contributed by atoms with E-state index in [9.17, 15) is 9.59 Å². The molecule has 20 heavy (non-hydrogen) atoms. The average Bonchev–Trinajstić information content (AvgIpc) is 2.93. The molecule has 4 nitrogen and oxygen atoms in total. The van der Waals surface area contributed by atoms with E-state index in [1.165, 1.54) is 11.8 Å². The Morgan fingerprint density at radius 3 is 2.40 bits per heavy atom. The van der Waals surface area contributed by atoms with Gasteiger partial charge in [-0.25, -0.2) is 0 Å². The van der Waals surface area contributed by atoms with Crippen LogP contribution in [0.5, 0.6) is 0 Å². The number of nitrogens with zero attached hydrogens (tertiary/aromatic N) is 2. The van der Waals surface area contributed by atoms with Gasteiger partial charge in [-0.05, 0) is 31.0 Å². The molecule has 1 saturated heterocycles. The van der Waals surface area contributed by atoms with Crippen LogP contribution >= 0.6 is 23.2 Å². The van der Waals surface area contributed by atoms with Gasteiger partial charge in [0, 0.05) is 25.7 Å². The van der Waals surface area contributed by atoms with Crippen LogP contribution in [0, 0.1) is 0 Å². The van der Waals surface area contributed by atoms with Crippen molar-refractivity contribution in [3.8, 4) is 0 Å². The molecule has 0 aromatic heterocycles. The number of rotatable bonds is 3. The SMILES string of the molecule is CC(=O)N(CC(=O)N1CCCC1)c1ccc(Cl)c(Cl)c1. The van der Waals surface area contributed by atoms with Gasteiger partial charge in [0.2, 0.25) is 11.8 Å². The zero-order chi connectivity index (χ0) is 14.7. The van der Waals surface area contributed by atoms with Crippen LogP contribution in [0.15, 0.2) is 18.2 Å². The van der Waals surface area contributed by atoms with Crippen LogP contribution in [-0.2, 0) is 9.59 Å². The van der Waals surface area contributed by atoms with Crippen molar-refractivity contribution >= 4 is 40.7 Å². The van der Waals surface area contributed by atoms with Crippen LogP contribution in [0.4, 0.5) is 5.69 Å². The van der Waals surface area contributed by atoms with Crippen LogP contribution in [0.25, 0.3) is 0 Å². The standard InChI is InChI=1S/C14H16Cl2N2O2/c1-10(19)18(9-14(20)17-6-2-3-7-17)11-4-5-12(15)13(16)8-11/h4-5,8H,2-3,6-7,9H2,1H3. The number of carbonyl (C=O) groups is 2. The summed E-state index contributed by atoms with van der Waals surface area (Å²) in [6, 6.07) is 4.91. The lowest BCUT2D eigenvalue weighted by Gasteiger charge is -2.24.